The Kier molecular flexibility index (Phi) is 4.36. The fourth-order valence-corrected chi connectivity index (χ4v) is 1.91. The first-order valence-corrected chi connectivity index (χ1v) is 6.20. The molecule has 2 aromatic rings. The van der Waals surface area contributed by atoms with E-state index in [0.717, 1.165) is 6.42 Å². The van der Waals surface area contributed by atoms with Crippen LogP contribution in [0.3, 0.4) is 0 Å². The number of nitrogens with one attached hydrogen (secondary N) is 1. The van der Waals surface area contributed by atoms with Crippen molar-refractivity contribution >= 4 is 17.4 Å². The Morgan fingerprint density at radius 3 is 2.63 bits per heavy atom. The molecule has 19 heavy (non-hydrogen) atoms. The van der Waals surface area contributed by atoms with Crippen LogP contribution in [0, 0.1) is 5.41 Å². The molecule has 0 fully saturated rings. The number of aromatic nitrogens is 1. The molecule has 5 heteroatoms. The number of ether oxygens (including phenoxy) is 1. The van der Waals surface area contributed by atoms with Crippen LogP contribution in [-0.4, -0.2) is 17.4 Å². The van der Waals surface area contributed by atoms with Gasteiger partial charge in [-0.25, -0.2) is 0 Å². The third kappa shape index (κ3) is 3.69. The van der Waals surface area contributed by atoms with E-state index in [1.54, 1.807) is 30.6 Å². The monoisotopic (exact) mass is 275 g/mol. The van der Waals surface area contributed by atoms with Crippen LogP contribution < -0.4 is 10.5 Å². The van der Waals surface area contributed by atoms with Crippen molar-refractivity contribution in [1.29, 1.82) is 5.41 Å². The lowest BCUT2D eigenvalue weighted by Crippen LogP contribution is -2.11. The van der Waals surface area contributed by atoms with E-state index in [-0.39, 0.29) is 5.84 Å². The number of amidine groups is 1. The largest absolute Gasteiger partial charge is 0.493 e. The summed E-state index contributed by atoms with van der Waals surface area (Å²) in [6, 6.07) is 9.02. The van der Waals surface area contributed by atoms with Crippen LogP contribution in [0.5, 0.6) is 5.75 Å². The zero-order valence-corrected chi connectivity index (χ0v) is 11.0. The molecule has 0 unspecified atom stereocenters. The normalized spacial score (nSPS) is 10.2. The molecular formula is C14H14ClN3O. The van der Waals surface area contributed by atoms with E-state index in [2.05, 4.69) is 4.98 Å². The Morgan fingerprint density at radius 1 is 1.26 bits per heavy atom. The number of nitrogens with two attached hydrogens (primary N) is 1. The Labute approximate surface area is 116 Å². The van der Waals surface area contributed by atoms with Crippen molar-refractivity contribution in [2.75, 3.05) is 6.61 Å². The lowest BCUT2D eigenvalue weighted by Gasteiger charge is -2.08. The van der Waals surface area contributed by atoms with Crippen molar-refractivity contribution in [3.8, 4) is 5.75 Å². The maximum Gasteiger partial charge on any atom is 0.124 e. The zero-order valence-electron chi connectivity index (χ0n) is 10.3. The zero-order chi connectivity index (χ0) is 13.7. The Morgan fingerprint density at radius 2 is 2.00 bits per heavy atom. The molecule has 1 aromatic heterocycles. The van der Waals surface area contributed by atoms with Crippen molar-refractivity contribution in [3.63, 3.8) is 0 Å². The van der Waals surface area contributed by atoms with E-state index in [4.69, 9.17) is 27.5 Å². The summed E-state index contributed by atoms with van der Waals surface area (Å²) in [5.74, 6) is 0.623. The molecule has 1 heterocycles. The first-order valence-electron chi connectivity index (χ1n) is 5.82. The molecule has 0 saturated heterocycles. The summed E-state index contributed by atoms with van der Waals surface area (Å²) in [5.41, 5.74) is 7.08. The highest BCUT2D eigenvalue weighted by atomic mass is 35.5. The second-order valence-electron chi connectivity index (χ2n) is 4.01. The number of hydrogen-bond donors (Lipinski definition) is 2. The van der Waals surface area contributed by atoms with Crippen LogP contribution in [-0.2, 0) is 6.42 Å². The molecule has 4 nitrogen and oxygen atoms in total. The van der Waals surface area contributed by atoms with Gasteiger partial charge in [0.05, 0.1) is 11.6 Å². The maximum atomic E-state index is 7.34. The minimum atomic E-state index is -0.0478. The van der Waals surface area contributed by atoms with Crippen LogP contribution in [0.1, 0.15) is 11.1 Å². The SMILES string of the molecule is N=C(N)c1ccc(OCCc2ccncc2)cc1Cl. The number of benzene rings is 1. The van der Waals surface area contributed by atoms with Crippen molar-refractivity contribution in [2.24, 2.45) is 5.73 Å². The molecule has 0 aliphatic rings. The van der Waals surface area contributed by atoms with Gasteiger partial charge in [0, 0.05) is 24.4 Å². The molecule has 0 amide bonds. The Balaban J connectivity index is 1.93. The fourth-order valence-electron chi connectivity index (χ4n) is 1.64. The quantitative estimate of drug-likeness (QED) is 0.651. The summed E-state index contributed by atoms with van der Waals surface area (Å²) in [7, 11) is 0. The summed E-state index contributed by atoms with van der Waals surface area (Å²) in [4.78, 5) is 3.96. The molecule has 0 radical (unpaired) electrons. The van der Waals surface area contributed by atoms with Gasteiger partial charge < -0.3 is 10.5 Å². The summed E-state index contributed by atoms with van der Waals surface area (Å²) < 4.78 is 5.61. The first-order chi connectivity index (χ1) is 9.16. The summed E-state index contributed by atoms with van der Waals surface area (Å²) in [5, 5.41) is 7.77. The van der Waals surface area contributed by atoms with Gasteiger partial charge in [-0.1, -0.05) is 11.6 Å². The molecule has 98 valence electrons. The molecule has 1 aromatic carbocycles. The molecule has 2 rings (SSSR count). The number of pyridine rings is 1. The Hall–Kier alpha value is -2.07. The fraction of sp³-hybridized carbons (Fsp3) is 0.143. The summed E-state index contributed by atoms with van der Waals surface area (Å²) in [6.45, 7) is 0.555. The van der Waals surface area contributed by atoms with Crippen LogP contribution in [0.2, 0.25) is 5.02 Å². The first kappa shape index (κ1) is 13.4. The van der Waals surface area contributed by atoms with Crippen LogP contribution >= 0.6 is 11.6 Å². The molecule has 0 atom stereocenters. The smallest absolute Gasteiger partial charge is 0.124 e. The van der Waals surface area contributed by atoms with Crippen molar-refractivity contribution in [3.05, 3.63) is 58.9 Å². The van der Waals surface area contributed by atoms with Gasteiger partial charge in [0.1, 0.15) is 11.6 Å². The number of nitrogens with zero attached hydrogens (tertiary/aromatic N) is 1. The minimum Gasteiger partial charge on any atom is -0.493 e. The van der Waals surface area contributed by atoms with Crippen molar-refractivity contribution < 1.29 is 4.74 Å². The van der Waals surface area contributed by atoms with Crippen LogP contribution in [0.4, 0.5) is 0 Å². The lowest BCUT2D eigenvalue weighted by atomic mass is 10.2. The highest BCUT2D eigenvalue weighted by Gasteiger charge is 2.05. The molecule has 0 saturated carbocycles. The second kappa shape index (κ2) is 6.20. The van der Waals surface area contributed by atoms with E-state index < -0.39 is 0 Å². The van der Waals surface area contributed by atoms with E-state index in [9.17, 15) is 0 Å². The maximum absolute atomic E-state index is 7.34. The molecular weight excluding hydrogens is 262 g/mol. The highest BCUT2D eigenvalue weighted by molar-refractivity contribution is 6.34. The molecule has 0 spiro atoms. The van der Waals surface area contributed by atoms with Gasteiger partial charge >= 0.3 is 0 Å². The van der Waals surface area contributed by atoms with Crippen molar-refractivity contribution in [2.45, 2.75) is 6.42 Å². The third-order valence-corrected chi connectivity index (χ3v) is 2.95. The van der Waals surface area contributed by atoms with Gasteiger partial charge in [-0.3, -0.25) is 10.4 Å². The third-order valence-electron chi connectivity index (χ3n) is 2.64. The van der Waals surface area contributed by atoms with Gasteiger partial charge in [-0.05, 0) is 35.9 Å². The summed E-state index contributed by atoms with van der Waals surface area (Å²) in [6.07, 6.45) is 4.32. The predicted octanol–water partition coefficient (Wildman–Crippen LogP) is 2.64. The van der Waals surface area contributed by atoms with E-state index in [0.29, 0.717) is 22.9 Å². The van der Waals surface area contributed by atoms with Crippen LogP contribution in [0.15, 0.2) is 42.7 Å². The van der Waals surface area contributed by atoms with Gasteiger partial charge in [-0.15, -0.1) is 0 Å². The standard InChI is InChI=1S/C14H14ClN3O/c15-13-9-11(1-2-12(13)14(16)17)19-8-5-10-3-6-18-7-4-10/h1-4,6-7,9H,5,8H2,(H3,16,17). The van der Waals surface area contributed by atoms with E-state index in [1.807, 2.05) is 12.1 Å². The molecule has 0 bridgehead atoms. The number of rotatable bonds is 5. The average molecular weight is 276 g/mol. The lowest BCUT2D eigenvalue weighted by molar-refractivity contribution is 0.322. The van der Waals surface area contributed by atoms with Gasteiger partial charge in [0.25, 0.3) is 0 Å². The highest BCUT2D eigenvalue weighted by Crippen LogP contribution is 2.22. The molecule has 3 N–H and O–H groups in total. The number of hydrogen-bond acceptors (Lipinski definition) is 3. The average Bonchev–Trinajstić information content (AvgIpc) is 2.39. The summed E-state index contributed by atoms with van der Waals surface area (Å²) >= 11 is 6.01. The van der Waals surface area contributed by atoms with Crippen molar-refractivity contribution in [1.82, 2.24) is 4.98 Å². The van der Waals surface area contributed by atoms with Gasteiger partial charge in [0.2, 0.25) is 0 Å². The van der Waals surface area contributed by atoms with E-state index >= 15 is 0 Å². The van der Waals surface area contributed by atoms with Gasteiger partial charge in [-0.2, -0.15) is 0 Å². The van der Waals surface area contributed by atoms with Crippen LogP contribution in [0.25, 0.3) is 0 Å². The topological polar surface area (TPSA) is 72.0 Å². The predicted molar refractivity (Wildman–Crippen MR) is 75.9 cm³/mol. The van der Waals surface area contributed by atoms with Gasteiger partial charge in [0.15, 0.2) is 0 Å². The number of nitrogen functional groups attached to an aromatic ring is 1. The van der Waals surface area contributed by atoms with E-state index in [1.165, 1.54) is 5.56 Å². The number of halogens is 1. The second-order valence-corrected chi connectivity index (χ2v) is 4.42. The molecule has 0 aliphatic heterocycles. The molecule has 0 aliphatic carbocycles. The Bertz CT molecular complexity index is 572. The minimum absolute atomic E-state index is 0.0478.